The molecule has 134 valence electrons. The van der Waals surface area contributed by atoms with Gasteiger partial charge in [0.15, 0.2) is 0 Å². The van der Waals surface area contributed by atoms with Gasteiger partial charge in [-0.25, -0.2) is 9.37 Å². The number of hydrogen-bond donors (Lipinski definition) is 2. The van der Waals surface area contributed by atoms with E-state index in [0.29, 0.717) is 17.8 Å². The molecule has 3 aromatic rings. The van der Waals surface area contributed by atoms with Gasteiger partial charge in [0.1, 0.15) is 11.6 Å². The molecule has 4 rings (SSSR count). The minimum Gasteiger partial charge on any atom is -0.391 e. The third kappa shape index (κ3) is 3.27. The lowest BCUT2D eigenvalue weighted by molar-refractivity contribution is 0.0385. The molecule has 0 bridgehead atoms. The first-order valence-electron chi connectivity index (χ1n) is 8.44. The summed E-state index contributed by atoms with van der Waals surface area (Å²) in [6, 6.07) is 9.88. The van der Waals surface area contributed by atoms with Crippen LogP contribution >= 0.6 is 11.3 Å². The average Bonchev–Trinajstić information content (AvgIpc) is 3.33. The number of nitrogens with zero attached hydrogens (tertiary/aromatic N) is 2. The molecule has 1 aliphatic heterocycles. The van der Waals surface area contributed by atoms with Crippen molar-refractivity contribution < 1.29 is 14.3 Å². The molecule has 2 atom stereocenters. The van der Waals surface area contributed by atoms with Crippen molar-refractivity contribution >= 4 is 17.2 Å². The van der Waals surface area contributed by atoms with Gasteiger partial charge in [0.2, 0.25) is 0 Å². The lowest BCUT2D eigenvalue weighted by Crippen LogP contribution is -2.45. The van der Waals surface area contributed by atoms with Crippen LogP contribution in [0.15, 0.2) is 48.8 Å². The van der Waals surface area contributed by atoms with Gasteiger partial charge in [-0.15, -0.1) is 11.3 Å². The number of hydrogen-bond acceptors (Lipinski definition) is 4. The molecule has 2 N–H and O–H groups in total. The summed E-state index contributed by atoms with van der Waals surface area (Å²) in [5, 5.41) is 10.5. The quantitative estimate of drug-likeness (QED) is 0.742. The Labute approximate surface area is 154 Å². The predicted octanol–water partition coefficient (Wildman–Crippen LogP) is 3.27. The lowest BCUT2D eigenvalue weighted by Gasteiger charge is -2.36. The zero-order valence-electron chi connectivity index (χ0n) is 13.9. The van der Waals surface area contributed by atoms with Gasteiger partial charge in [-0.05, 0) is 36.2 Å². The summed E-state index contributed by atoms with van der Waals surface area (Å²) in [7, 11) is 0. The second-order valence-corrected chi connectivity index (χ2v) is 7.45. The van der Waals surface area contributed by atoms with Crippen LogP contribution in [0.2, 0.25) is 0 Å². The highest BCUT2D eigenvalue weighted by Crippen LogP contribution is 2.31. The first-order chi connectivity index (χ1) is 12.6. The third-order valence-corrected chi connectivity index (χ3v) is 5.80. The number of nitrogens with one attached hydrogen (secondary N) is 1. The number of aliphatic hydroxyl groups excluding tert-OH is 1. The van der Waals surface area contributed by atoms with Gasteiger partial charge in [-0.2, -0.15) is 0 Å². The van der Waals surface area contributed by atoms with Gasteiger partial charge in [-0.1, -0.05) is 12.1 Å². The van der Waals surface area contributed by atoms with Crippen LogP contribution in [0.25, 0.3) is 10.7 Å². The fraction of sp³-hybridized carbons (Fsp3) is 0.263. The molecule has 0 spiro atoms. The van der Waals surface area contributed by atoms with Crippen molar-refractivity contribution in [3.05, 3.63) is 65.0 Å². The van der Waals surface area contributed by atoms with Gasteiger partial charge in [0.25, 0.3) is 5.91 Å². The number of benzene rings is 1. The Kier molecular flexibility index (Phi) is 4.57. The number of carbonyl (C=O) groups is 1. The Bertz CT molecular complexity index is 892. The van der Waals surface area contributed by atoms with E-state index in [1.54, 1.807) is 35.5 Å². The Hall–Kier alpha value is -2.51. The summed E-state index contributed by atoms with van der Waals surface area (Å²) in [5.74, 6) is 0.288. The highest BCUT2D eigenvalue weighted by molar-refractivity contribution is 7.17. The Morgan fingerprint density at radius 1 is 1.27 bits per heavy atom. The number of rotatable bonds is 3. The molecule has 26 heavy (non-hydrogen) atoms. The maximum Gasteiger partial charge on any atom is 0.264 e. The molecule has 7 heteroatoms. The molecule has 1 aromatic carbocycles. The molecule has 5 nitrogen and oxygen atoms in total. The summed E-state index contributed by atoms with van der Waals surface area (Å²) >= 11 is 1.38. The van der Waals surface area contributed by atoms with Crippen LogP contribution in [-0.2, 0) is 0 Å². The number of likely N-dealkylation sites (tertiary alicyclic amines) is 1. The number of aromatic nitrogens is 2. The van der Waals surface area contributed by atoms with E-state index in [1.165, 1.54) is 23.5 Å². The monoisotopic (exact) mass is 371 g/mol. The standard InChI is InChI=1S/C19H18FN3O2S/c20-13-3-1-12(2-4-13)14-7-10-23(11-15(14)24)19(25)17-6-5-16(26-17)18-21-8-9-22-18/h1-6,8-9,14-15,24H,7,10-11H2,(H,21,22)/t14-,15+/m0/s1. The fourth-order valence-corrected chi connectivity index (χ4v) is 4.28. The number of amides is 1. The molecule has 0 unspecified atom stereocenters. The lowest BCUT2D eigenvalue weighted by atomic mass is 9.87. The second-order valence-electron chi connectivity index (χ2n) is 6.37. The number of aromatic amines is 1. The van der Waals surface area contributed by atoms with Crippen molar-refractivity contribution in [3.63, 3.8) is 0 Å². The predicted molar refractivity (Wildman–Crippen MR) is 97.6 cm³/mol. The Morgan fingerprint density at radius 3 is 2.77 bits per heavy atom. The molecule has 0 saturated carbocycles. The van der Waals surface area contributed by atoms with Gasteiger partial charge >= 0.3 is 0 Å². The minimum absolute atomic E-state index is 0.0792. The maximum atomic E-state index is 13.1. The third-order valence-electron chi connectivity index (χ3n) is 4.72. The van der Waals surface area contributed by atoms with Gasteiger partial charge in [0, 0.05) is 31.4 Å². The summed E-state index contributed by atoms with van der Waals surface area (Å²) < 4.78 is 13.1. The Balaban J connectivity index is 1.45. The smallest absolute Gasteiger partial charge is 0.264 e. The summed E-state index contributed by atoms with van der Waals surface area (Å²) in [4.78, 5) is 23.2. The van der Waals surface area contributed by atoms with E-state index in [-0.39, 0.29) is 24.2 Å². The number of aliphatic hydroxyl groups is 1. The van der Waals surface area contributed by atoms with Crippen molar-refractivity contribution in [1.29, 1.82) is 0 Å². The number of thiophene rings is 1. The first kappa shape index (κ1) is 16.9. The largest absolute Gasteiger partial charge is 0.391 e. The molecular weight excluding hydrogens is 353 g/mol. The Morgan fingerprint density at radius 2 is 2.08 bits per heavy atom. The zero-order chi connectivity index (χ0) is 18.1. The van der Waals surface area contributed by atoms with E-state index in [4.69, 9.17) is 0 Å². The number of H-pyrrole nitrogens is 1. The van der Waals surface area contributed by atoms with Gasteiger partial charge in [0.05, 0.1) is 15.9 Å². The van der Waals surface area contributed by atoms with E-state index in [0.717, 1.165) is 16.3 Å². The number of halogens is 1. The van der Waals surface area contributed by atoms with E-state index in [2.05, 4.69) is 9.97 Å². The van der Waals surface area contributed by atoms with Crippen molar-refractivity contribution in [2.45, 2.75) is 18.4 Å². The summed E-state index contributed by atoms with van der Waals surface area (Å²) in [6.07, 6.45) is 3.40. The molecule has 1 amide bonds. The summed E-state index contributed by atoms with van der Waals surface area (Å²) in [6.45, 7) is 0.834. The van der Waals surface area contributed by atoms with Crippen LogP contribution in [0.5, 0.6) is 0 Å². The number of imidazole rings is 1. The van der Waals surface area contributed by atoms with E-state index in [1.807, 2.05) is 6.07 Å². The number of piperidine rings is 1. The fourth-order valence-electron chi connectivity index (χ4n) is 3.35. The molecule has 1 saturated heterocycles. The van der Waals surface area contributed by atoms with Gasteiger partial charge < -0.3 is 15.0 Å². The topological polar surface area (TPSA) is 69.2 Å². The van der Waals surface area contributed by atoms with Gasteiger partial charge in [-0.3, -0.25) is 4.79 Å². The van der Waals surface area contributed by atoms with E-state index in [9.17, 15) is 14.3 Å². The highest BCUT2D eigenvalue weighted by atomic mass is 32.1. The summed E-state index contributed by atoms with van der Waals surface area (Å²) in [5.41, 5.74) is 0.905. The minimum atomic E-state index is -0.664. The molecular formula is C19H18FN3O2S. The van der Waals surface area contributed by atoms with Crippen LogP contribution in [0.1, 0.15) is 27.6 Å². The highest BCUT2D eigenvalue weighted by Gasteiger charge is 2.32. The zero-order valence-corrected chi connectivity index (χ0v) is 14.7. The number of carbonyl (C=O) groups excluding carboxylic acids is 1. The van der Waals surface area contributed by atoms with Crippen LogP contribution in [0, 0.1) is 5.82 Å². The first-order valence-corrected chi connectivity index (χ1v) is 9.26. The van der Waals surface area contributed by atoms with Crippen molar-refractivity contribution in [3.8, 4) is 10.7 Å². The SMILES string of the molecule is O=C(c1ccc(-c2ncc[nH]2)s1)N1CC[C@@H](c2ccc(F)cc2)[C@H](O)C1. The molecule has 3 heterocycles. The molecule has 1 aliphatic rings. The molecule has 0 radical (unpaired) electrons. The van der Waals surface area contributed by atoms with Crippen molar-refractivity contribution in [2.24, 2.45) is 0 Å². The second kappa shape index (κ2) is 7.01. The normalized spacial score (nSPS) is 20.3. The van der Waals surface area contributed by atoms with E-state index < -0.39 is 6.10 Å². The average molecular weight is 371 g/mol. The number of β-amino-alcohol motifs (C(OH)–C–C–N with tert-alkyl or cyclic N) is 1. The maximum absolute atomic E-state index is 13.1. The molecule has 0 aliphatic carbocycles. The van der Waals surface area contributed by atoms with Crippen LogP contribution in [0.4, 0.5) is 4.39 Å². The van der Waals surface area contributed by atoms with Crippen LogP contribution < -0.4 is 0 Å². The van der Waals surface area contributed by atoms with Crippen molar-refractivity contribution in [2.75, 3.05) is 13.1 Å². The van der Waals surface area contributed by atoms with Crippen molar-refractivity contribution in [1.82, 2.24) is 14.9 Å². The van der Waals surface area contributed by atoms with E-state index >= 15 is 0 Å². The van der Waals surface area contributed by atoms with Crippen LogP contribution in [-0.4, -0.2) is 45.1 Å². The molecule has 1 fully saturated rings. The molecule has 2 aromatic heterocycles. The van der Waals surface area contributed by atoms with Crippen LogP contribution in [0.3, 0.4) is 0 Å².